The van der Waals surface area contributed by atoms with Crippen LogP contribution in [0.2, 0.25) is 0 Å². The van der Waals surface area contributed by atoms with Gasteiger partial charge in [-0.25, -0.2) is 24.4 Å². The highest BCUT2D eigenvalue weighted by atomic mass is 32.1. The summed E-state index contributed by atoms with van der Waals surface area (Å²) >= 11 is 0.682. The van der Waals surface area contributed by atoms with Crippen molar-refractivity contribution in [2.45, 2.75) is 19.0 Å². The van der Waals surface area contributed by atoms with Crippen molar-refractivity contribution in [2.24, 2.45) is 5.92 Å². The normalized spacial score (nSPS) is 19.0. The van der Waals surface area contributed by atoms with Crippen LogP contribution in [0.3, 0.4) is 0 Å². The number of benzene rings is 1. The number of ether oxygens (including phenoxy) is 2. The molecule has 2 aliphatic rings. The number of nitrogens with one attached hydrogen (secondary N) is 2. The van der Waals surface area contributed by atoms with Gasteiger partial charge < -0.3 is 20.5 Å². The predicted octanol–water partition coefficient (Wildman–Crippen LogP) is 5.04. The van der Waals surface area contributed by atoms with Crippen LogP contribution in [0.5, 0.6) is 0 Å². The third-order valence-corrected chi connectivity index (χ3v) is 8.22. The number of nitrogens with two attached hydrogens (primary N) is 1. The second-order valence-electron chi connectivity index (χ2n) is 10.5. The number of fused-ring (bicyclic) bond motifs is 1. The lowest BCUT2D eigenvalue weighted by Crippen LogP contribution is -2.38. The molecule has 16 heteroatoms. The molecule has 1 fully saturated rings. The number of hydrogen-bond acceptors (Lipinski definition) is 10. The van der Waals surface area contributed by atoms with Gasteiger partial charge in [0.1, 0.15) is 24.5 Å². The molecule has 12 nitrogen and oxygen atoms in total. The monoisotopic (exact) mass is 641 g/mol. The molecule has 0 bridgehead atoms. The van der Waals surface area contributed by atoms with Crippen LogP contribution in [-0.2, 0) is 15.7 Å². The average Bonchev–Trinajstić information content (AvgIpc) is 3.64. The summed E-state index contributed by atoms with van der Waals surface area (Å²) in [5.74, 6) is 1.06. The number of anilines is 3. The van der Waals surface area contributed by atoms with Gasteiger partial charge in [0.25, 0.3) is 0 Å². The van der Waals surface area contributed by atoms with Crippen molar-refractivity contribution in [3.05, 3.63) is 71.3 Å². The standard InChI is InChI=1S/C29H30F3N9O3S/c1-17-14-20(44-13-10-40-8-11-43-12-9-40)6-7-21(17)24-23-25(33)34-16-35-26(23)41(39-24)19-4-2-18(3-5-19)36-27(42)38-28-37-22(15-45-28)29(30,31)32/h2-7,14-17,21H,8-13H2,1H3,(H2,33,34,35)(H2,36,37,38,42). The number of carbonyl (C=O) groups is 1. The van der Waals surface area contributed by atoms with Gasteiger partial charge in [-0.2, -0.15) is 18.3 Å². The lowest BCUT2D eigenvalue weighted by atomic mass is 9.86. The Morgan fingerprint density at radius 1 is 1.18 bits per heavy atom. The number of alkyl halides is 3. The number of allylic oxidation sites excluding steroid dienone is 3. The van der Waals surface area contributed by atoms with Crippen molar-refractivity contribution < 1.29 is 27.4 Å². The highest BCUT2D eigenvalue weighted by Crippen LogP contribution is 2.37. The van der Waals surface area contributed by atoms with Gasteiger partial charge in [-0.05, 0) is 42.3 Å². The molecule has 1 saturated heterocycles. The van der Waals surface area contributed by atoms with E-state index in [0.29, 0.717) is 46.2 Å². The van der Waals surface area contributed by atoms with Gasteiger partial charge in [0.15, 0.2) is 16.5 Å². The van der Waals surface area contributed by atoms with E-state index in [2.05, 4.69) is 49.6 Å². The molecule has 1 aliphatic carbocycles. The van der Waals surface area contributed by atoms with Crippen LogP contribution in [0.15, 0.2) is 60.0 Å². The van der Waals surface area contributed by atoms with Gasteiger partial charge in [-0.1, -0.05) is 13.0 Å². The van der Waals surface area contributed by atoms with Gasteiger partial charge in [0.2, 0.25) is 0 Å². The van der Waals surface area contributed by atoms with Crippen LogP contribution in [0.1, 0.15) is 24.2 Å². The van der Waals surface area contributed by atoms with Crippen LogP contribution < -0.4 is 16.4 Å². The number of aromatic nitrogens is 5. The molecule has 6 rings (SSSR count). The number of halogens is 3. The molecule has 4 aromatic rings. The largest absolute Gasteiger partial charge is 0.493 e. The van der Waals surface area contributed by atoms with Gasteiger partial charge >= 0.3 is 12.2 Å². The maximum absolute atomic E-state index is 12.8. The summed E-state index contributed by atoms with van der Waals surface area (Å²) < 4.78 is 51.5. The number of urea groups is 1. The number of rotatable bonds is 8. The summed E-state index contributed by atoms with van der Waals surface area (Å²) in [4.78, 5) is 26.7. The van der Waals surface area contributed by atoms with E-state index in [0.717, 1.165) is 49.7 Å². The quantitative estimate of drug-likeness (QED) is 0.241. The van der Waals surface area contributed by atoms with E-state index in [9.17, 15) is 18.0 Å². The molecule has 2 unspecified atom stereocenters. The summed E-state index contributed by atoms with van der Waals surface area (Å²) in [5, 5.41) is 11.1. The molecule has 1 aromatic carbocycles. The lowest BCUT2D eigenvalue weighted by molar-refractivity contribution is -0.140. The first-order valence-electron chi connectivity index (χ1n) is 14.2. The minimum Gasteiger partial charge on any atom is -0.493 e. The number of nitrogen functional groups attached to an aromatic ring is 1. The van der Waals surface area contributed by atoms with E-state index in [-0.39, 0.29) is 17.0 Å². The SMILES string of the molecule is CC1C=C(OCCN2CCOCC2)C=CC1c1nn(-c2ccc(NC(=O)Nc3nc(C(F)(F)F)cs3)cc2)c2ncnc(N)c12. The van der Waals surface area contributed by atoms with E-state index in [4.69, 9.17) is 20.3 Å². The van der Waals surface area contributed by atoms with Crippen molar-refractivity contribution in [1.82, 2.24) is 29.6 Å². The highest BCUT2D eigenvalue weighted by molar-refractivity contribution is 7.14. The van der Waals surface area contributed by atoms with Crippen molar-refractivity contribution >= 4 is 45.0 Å². The Hall–Kier alpha value is -4.54. The van der Waals surface area contributed by atoms with Crippen LogP contribution in [0.4, 0.5) is 34.6 Å². The molecular weight excluding hydrogens is 611 g/mol. The number of carbonyl (C=O) groups excluding carboxylic acids is 1. The second kappa shape index (κ2) is 12.8. The highest BCUT2D eigenvalue weighted by Gasteiger charge is 2.34. The van der Waals surface area contributed by atoms with E-state index >= 15 is 0 Å². The molecule has 4 N–H and O–H groups in total. The molecule has 0 saturated carbocycles. The number of thiazole rings is 1. The second-order valence-corrected chi connectivity index (χ2v) is 11.4. The fourth-order valence-corrected chi connectivity index (χ4v) is 5.88. The summed E-state index contributed by atoms with van der Waals surface area (Å²) in [7, 11) is 0. The van der Waals surface area contributed by atoms with E-state index in [1.807, 2.05) is 6.08 Å². The first-order valence-corrected chi connectivity index (χ1v) is 15.1. The fraction of sp³-hybridized carbons (Fsp3) is 0.345. The van der Waals surface area contributed by atoms with Crippen molar-refractivity contribution in [2.75, 3.05) is 55.8 Å². The Labute approximate surface area is 259 Å². The van der Waals surface area contributed by atoms with Crippen LogP contribution in [0, 0.1) is 5.92 Å². The molecule has 1 aliphatic heterocycles. The van der Waals surface area contributed by atoms with E-state index < -0.39 is 17.9 Å². The molecule has 45 heavy (non-hydrogen) atoms. The van der Waals surface area contributed by atoms with E-state index in [1.54, 1.807) is 28.9 Å². The Balaban J connectivity index is 1.15. The minimum atomic E-state index is -4.59. The minimum absolute atomic E-state index is 0.0506. The Bertz CT molecular complexity index is 1730. The molecule has 2 amide bonds. The van der Waals surface area contributed by atoms with Gasteiger partial charge in [-0.3, -0.25) is 10.2 Å². The number of hydrogen-bond donors (Lipinski definition) is 3. The third kappa shape index (κ3) is 6.92. The summed E-state index contributed by atoms with van der Waals surface area (Å²) in [6.45, 7) is 6.83. The Kier molecular flexibility index (Phi) is 8.69. The van der Waals surface area contributed by atoms with E-state index in [1.165, 1.54) is 6.33 Å². The van der Waals surface area contributed by atoms with Gasteiger partial charge in [0.05, 0.1) is 30.0 Å². The third-order valence-electron chi connectivity index (χ3n) is 7.46. The number of morpholine rings is 1. The molecular formula is C29H30F3N9O3S. The maximum Gasteiger partial charge on any atom is 0.434 e. The zero-order chi connectivity index (χ0) is 31.6. The number of nitrogens with zero attached hydrogens (tertiary/aromatic N) is 6. The number of amides is 2. The van der Waals surface area contributed by atoms with Crippen LogP contribution in [-0.4, -0.2) is 75.1 Å². The summed E-state index contributed by atoms with van der Waals surface area (Å²) in [6.07, 6.45) is 2.88. The van der Waals surface area contributed by atoms with Crippen LogP contribution in [0.25, 0.3) is 16.7 Å². The zero-order valence-corrected chi connectivity index (χ0v) is 24.9. The zero-order valence-electron chi connectivity index (χ0n) is 24.1. The van der Waals surface area contributed by atoms with Crippen molar-refractivity contribution in [3.8, 4) is 5.69 Å². The topological polar surface area (TPSA) is 145 Å². The van der Waals surface area contributed by atoms with Crippen molar-refractivity contribution in [3.63, 3.8) is 0 Å². The van der Waals surface area contributed by atoms with Gasteiger partial charge in [0, 0.05) is 36.6 Å². The Morgan fingerprint density at radius 3 is 2.67 bits per heavy atom. The predicted molar refractivity (Wildman–Crippen MR) is 163 cm³/mol. The smallest absolute Gasteiger partial charge is 0.434 e. The fourth-order valence-electron chi connectivity index (χ4n) is 5.17. The molecule has 2 atom stereocenters. The van der Waals surface area contributed by atoms with Crippen LogP contribution >= 0.6 is 11.3 Å². The molecule has 236 valence electrons. The maximum atomic E-state index is 12.8. The lowest BCUT2D eigenvalue weighted by Gasteiger charge is -2.27. The molecule has 3 aromatic heterocycles. The first-order chi connectivity index (χ1) is 21.7. The first kappa shape index (κ1) is 30.5. The Morgan fingerprint density at radius 2 is 1.96 bits per heavy atom. The summed E-state index contributed by atoms with van der Waals surface area (Å²) in [6, 6.07) is 6.02. The van der Waals surface area contributed by atoms with Crippen molar-refractivity contribution in [1.29, 1.82) is 0 Å². The molecule has 4 heterocycles. The summed E-state index contributed by atoms with van der Waals surface area (Å²) in [5.41, 5.74) is 7.57. The average molecular weight is 642 g/mol. The van der Waals surface area contributed by atoms with Gasteiger partial charge in [-0.15, -0.1) is 11.3 Å². The molecule has 0 spiro atoms. The molecule has 0 radical (unpaired) electrons.